The Balaban J connectivity index is 1.57. The summed E-state index contributed by atoms with van der Waals surface area (Å²) in [6.45, 7) is 1.95. The quantitative estimate of drug-likeness (QED) is 0.800. The molecule has 0 aliphatic carbocycles. The van der Waals surface area contributed by atoms with E-state index in [1.807, 2.05) is 4.90 Å². The van der Waals surface area contributed by atoms with Crippen molar-refractivity contribution in [3.8, 4) is 5.75 Å². The Kier molecular flexibility index (Phi) is 3.84. The Morgan fingerprint density at radius 3 is 2.92 bits per heavy atom. The number of nitrogens with one attached hydrogen (secondary N) is 1. The number of hydrogen-bond donors (Lipinski definition) is 2. The van der Waals surface area contributed by atoms with Crippen molar-refractivity contribution in [3.63, 3.8) is 0 Å². The summed E-state index contributed by atoms with van der Waals surface area (Å²) in [4.78, 5) is 26.1. The molecule has 2 unspecified atom stereocenters. The van der Waals surface area contributed by atoms with Gasteiger partial charge in [-0.15, -0.1) is 0 Å². The number of carbonyl (C=O) groups excluding carboxylic acids is 1. The highest BCUT2D eigenvalue weighted by Crippen LogP contribution is 2.35. The third-order valence-corrected chi connectivity index (χ3v) is 5.21. The third kappa shape index (κ3) is 2.72. The second-order valence-corrected chi connectivity index (χ2v) is 6.58. The van der Waals surface area contributed by atoms with Gasteiger partial charge in [0.2, 0.25) is 0 Å². The molecular formula is C17H19N3O5. The van der Waals surface area contributed by atoms with E-state index in [2.05, 4.69) is 10.2 Å². The molecule has 3 saturated heterocycles. The lowest BCUT2D eigenvalue weighted by molar-refractivity contribution is -0.155. The molecule has 3 aliphatic rings. The van der Waals surface area contributed by atoms with E-state index in [0.717, 1.165) is 13.0 Å². The zero-order chi connectivity index (χ0) is 17.6. The van der Waals surface area contributed by atoms with Gasteiger partial charge in [-0.2, -0.15) is 5.10 Å². The number of carboxylic acid groups (broad SMARTS) is 1. The van der Waals surface area contributed by atoms with Gasteiger partial charge >= 0.3 is 11.9 Å². The molecule has 8 heteroatoms. The summed E-state index contributed by atoms with van der Waals surface area (Å²) in [6, 6.07) is 5.29. The van der Waals surface area contributed by atoms with Crippen LogP contribution in [0.4, 0.5) is 0 Å². The van der Waals surface area contributed by atoms with Gasteiger partial charge in [-0.1, -0.05) is 0 Å². The predicted octanol–water partition coefficient (Wildman–Crippen LogP) is 1.13. The van der Waals surface area contributed by atoms with Crippen molar-refractivity contribution in [1.82, 2.24) is 15.1 Å². The smallest absolute Gasteiger partial charge is 0.359 e. The number of piperidine rings is 3. The Hall–Kier alpha value is -2.61. The van der Waals surface area contributed by atoms with Gasteiger partial charge < -0.3 is 14.6 Å². The van der Waals surface area contributed by atoms with Crippen molar-refractivity contribution in [3.05, 3.63) is 23.9 Å². The molecule has 1 aromatic carbocycles. The molecule has 2 N–H and O–H groups in total. The Bertz CT molecular complexity index is 833. The highest BCUT2D eigenvalue weighted by molar-refractivity contribution is 6.02. The van der Waals surface area contributed by atoms with Crippen molar-refractivity contribution in [2.75, 3.05) is 26.7 Å². The average Bonchev–Trinajstić information content (AvgIpc) is 3.05. The third-order valence-electron chi connectivity index (χ3n) is 5.21. The van der Waals surface area contributed by atoms with Crippen molar-refractivity contribution < 1.29 is 24.2 Å². The standard InChI is InChI=1S/C17H19N3O5/c1-24-9-2-3-13-11(6-9)15(19-18-13)17(23)25-14-8-20-5-4-10(14)12(7-20)16(21)22/h2-3,6,10,12,14H,4-5,7-8H2,1H3,(H,18,19)(H,21,22)/t10-,12?,14-/m1/s1. The van der Waals surface area contributed by atoms with E-state index in [9.17, 15) is 14.7 Å². The molecule has 2 aromatic rings. The molecule has 0 saturated carbocycles. The van der Waals surface area contributed by atoms with Gasteiger partial charge in [0, 0.05) is 24.4 Å². The van der Waals surface area contributed by atoms with Crippen molar-refractivity contribution in [1.29, 1.82) is 0 Å². The number of aromatic amines is 1. The number of aliphatic carboxylic acids is 1. The van der Waals surface area contributed by atoms with Gasteiger partial charge in [0.1, 0.15) is 11.9 Å². The molecule has 0 spiro atoms. The van der Waals surface area contributed by atoms with Crippen LogP contribution in [0.15, 0.2) is 18.2 Å². The first-order chi connectivity index (χ1) is 12.1. The fourth-order valence-electron chi connectivity index (χ4n) is 3.89. The molecule has 4 heterocycles. The van der Waals surface area contributed by atoms with E-state index in [-0.39, 0.29) is 11.6 Å². The fourth-order valence-corrected chi connectivity index (χ4v) is 3.89. The lowest BCUT2D eigenvalue weighted by Gasteiger charge is -2.47. The second kappa shape index (κ2) is 6.03. The number of benzene rings is 1. The second-order valence-electron chi connectivity index (χ2n) is 6.58. The monoisotopic (exact) mass is 345 g/mol. The van der Waals surface area contributed by atoms with E-state index < -0.39 is 24.0 Å². The first kappa shape index (κ1) is 15.9. The van der Waals surface area contributed by atoms with Crippen LogP contribution in [-0.4, -0.2) is 65.0 Å². The van der Waals surface area contributed by atoms with E-state index in [1.165, 1.54) is 0 Å². The maximum absolute atomic E-state index is 12.6. The van der Waals surface area contributed by atoms with Gasteiger partial charge in [-0.05, 0) is 31.2 Å². The number of fused-ring (bicyclic) bond motifs is 4. The van der Waals surface area contributed by atoms with Crippen LogP contribution in [0.5, 0.6) is 5.75 Å². The number of carboxylic acids is 1. The summed E-state index contributed by atoms with van der Waals surface area (Å²) >= 11 is 0. The molecule has 0 amide bonds. The number of esters is 1. The minimum absolute atomic E-state index is 0.147. The van der Waals surface area contributed by atoms with Gasteiger partial charge in [0.25, 0.3) is 0 Å². The van der Waals surface area contributed by atoms with Crippen molar-refractivity contribution >= 4 is 22.8 Å². The molecule has 0 radical (unpaired) electrons. The average molecular weight is 345 g/mol. The minimum Gasteiger partial charge on any atom is -0.497 e. The van der Waals surface area contributed by atoms with E-state index >= 15 is 0 Å². The van der Waals surface area contributed by atoms with Gasteiger partial charge in [0.05, 0.1) is 18.5 Å². The summed E-state index contributed by atoms with van der Waals surface area (Å²) in [5, 5.41) is 16.9. The molecule has 8 nitrogen and oxygen atoms in total. The predicted molar refractivity (Wildman–Crippen MR) is 87.5 cm³/mol. The van der Waals surface area contributed by atoms with E-state index in [0.29, 0.717) is 29.7 Å². The molecule has 25 heavy (non-hydrogen) atoms. The maximum Gasteiger partial charge on any atom is 0.359 e. The minimum atomic E-state index is -0.828. The van der Waals surface area contributed by atoms with Gasteiger partial charge in [-0.3, -0.25) is 14.8 Å². The summed E-state index contributed by atoms with van der Waals surface area (Å²) in [5.74, 6) is -1.38. The van der Waals surface area contributed by atoms with Gasteiger partial charge in [0.15, 0.2) is 5.69 Å². The molecule has 3 fully saturated rings. The normalized spacial score (nSPS) is 28.0. The number of hydrogen-bond acceptors (Lipinski definition) is 6. The number of H-pyrrole nitrogens is 1. The number of carbonyl (C=O) groups is 2. The Morgan fingerprint density at radius 2 is 2.20 bits per heavy atom. The summed E-state index contributed by atoms with van der Waals surface area (Å²) in [7, 11) is 1.55. The lowest BCUT2D eigenvalue weighted by atomic mass is 9.77. The molecule has 4 atom stereocenters. The van der Waals surface area contributed by atoms with Crippen LogP contribution in [0.1, 0.15) is 16.9 Å². The summed E-state index contributed by atoms with van der Waals surface area (Å²) in [6.07, 6.45) is 0.304. The van der Waals surface area contributed by atoms with Crippen LogP contribution in [0.2, 0.25) is 0 Å². The van der Waals surface area contributed by atoms with Crippen LogP contribution in [-0.2, 0) is 9.53 Å². The lowest BCUT2D eigenvalue weighted by Crippen LogP contribution is -2.58. The molecule has 1 aromatic heterocycles. The van der Waals surface area contributed by atoms with Crippen LogP contribution >= 0.6 is 0 Å². The van der Waals surface area contributed by atoms with E-state index in [1.54, 1.807) is 25.3 Å². The number of aromatic nitrogens is 2. The van der Waals surface area contributed by atoms with Crippen LogP contribution in [0.3, 0.4) is 0 Å². The molecule has 132 valence electrons. The number of ether oxygens (including phenoxy) is 2. The van der Waals surface area contributed by atoms with Crippen LogP contribution in [0.25, 0.3) is 10.9 Å². The highest BCUT2D eigenvalue weighted by Gasteiger charge is 2.46. The Morgan fingerprint density at radius 1 is 1.36 bits per heavy atom. The SMILES string of the molecule is COc1ccc2[nH]nc(C(=O)O[C@@H]3CN4CC[C@@H]3C(C(=O)O)C4)c2c1. The molecule has 5 rings (SSSR count). The zero-order valence-corrected chi connectivity index (χ0v) is 13.8. The largest absolute Gasteiger partial charge is 0.497 e. The first-order valence-corrected chi connectivity index (χ1v) is 8.25. The first-order valence-electron chi connectivity index (χ1n) is 8.25. The van der Waals surface area contributed by atoms with Crippen LogP contribution < -0.4 is 4.74 Å². The molecule has 3 aliphatic heterocycles. The summed E-state index contributed by atoms with van der Waals surface area (Å²) < 4.78 is 10.9. The zero-order valence-electron chi connectivity index (χ0n) is 13.8. The fraction of sp³-hybridized carbons (Fsp3) is 0.471. The Labute approximate surface area is 143 Å². The van der Waals surface area contributed by atoms with Crippen molar-refractivity contribution in [2.24, 2.45) is 11.8 Å². The molecule has 2 bridgehead atoms. The highest BCUT2D eigenvalue weighted by atomic mass is 16.5. The number of rotatable bonds is 4. The maximum atomic E-state index is 12.6. The molecular weight excluding hydrogens is 326 g/mol. The summed E-state index contributed by atoms with van der Waals surface area (Å²) in [5.41, 5.74) is 0.905. The van der Waals surface area contributed by atoms with E-state index in [4.69, 9.17) is 9.47 Å². The topological polar surface area (TPSA) is 105 Å². The number of methoxy groups -OCH3 is 1. The van der Waals surface area contributed by atoms with Crippen molar-refractivity contribution in [2.45, 2.75) is 12.5 Å². The van der Waals surface area contributed by atoms with Gasteiger partial charge in [-0.25, -0.2) is 4.79 Å². The van der Waals surface area contributed by atoms with Crippen LogP contribution in [0, 0.1) is 11.8 Å². The number of nitrogens with zero attached hydrogens (tertiary/aromatic N) is 2.